The third-order valence-corrected chi connectivity index (χ3v) is 6.07. The number of aliphatic imine (C=N–C) groups is 2. The lowest BCUT2D eigenvalue weighted by atomic mass is 10.1. The number of nitrogens with zero attached hydrogens (tertiary/aromatic N) is 3. The Bertz CT molecular complexity index is 1100. The molecule has 30 heavy (non-hydrogen) atoms. The molecule has 2 aromatic rings. The molecule has 2 aromatic carbocycles. The number of benzene rings is 2. The van der Waals surface area contributed by atoms with Crippen LogP contribution in [0.5, 0.6) is 0 Å². The fourth-order valence-electron chi connectivity index (χ4n) is 3.21. The largest absolute Gasteiger partial charge is 0.323 e. The minimum absolute atomic E-state index is 0.225. The Morgan fingerprint density at radius 3 is 2.80 bits per heavy atom. The van der Waals surface area contributed by atoms with Crippen molar-refractivity contribution in [2.24, 2.45) is 9.98 Å². The van der Waals surface area contributed by atoms with Crippen molar-refractivity contribution in [3.05, 3.63) is 59.7 Å². The Balaban J connectivity index is 1.62. The molecule has 0 fully saturated rings. The molecule has 0 aliphatic carbocycles. The summed E-state index contributed by atoms with van der Waals surface area (Å²) in [5, 5.41) is 2.08. The Labute approximate surface area is 176 Å². The predicted molar refractivity (Wildman–Crippen MR) is 113 cm³/mol. The number of amidine groups is 2. The number of para-hydroxylation sites is 1. The number of thioether (sulfide) groups is 1. The zero-order valence-corrected chi connectivity index (χ0v) is 17.0. The number of carbonyl (C=O) groups excluding carboxylic acids is 2. The van der Waals surface area contributed by atoms with Crippen molar-refractivity contribution in [2.45, 2.75) is 31.6 Å². The van der Waals surface area contributed by atoms with Crippen LogP contribution in [0.15, 0.2) is 52.4 Å². The van der Waals surface area contributed by atoms with Crippen LogP contribution in [0.4, 0.5) is 20.2 Å². The molecule has 4 rings (SSSR count). The van der Waals surface area contributed by atoms with Crippen molar-refractivity contribution in [2.75, 3.05) is 5.32 Å². The van der Waals surface area contributed by atoms with Gasteiger partial charge in [-0.3, -0.25) is 14.6 Å². The highest BCUT2D eigenvalue weighted by molar-refractivity contribution is 8.15. The number of hydrogen-bond acceptors (Lipinski definition) is 5. The summed E-state index contributed by atoms with van der Waals surface area (Å²) in [6.07, 6.45) is 0.387. The average molecular weight is 428 g/mol. The van der Waals surface area contributed by atoms with Crippen LogP contribution in [0, 0.1) is 11.6 Å². The van der Waals surface area contributed by atoms with E-state index in [-0.39, 0.29) is 11.6 Å². The van der Waals surface area contributed by atoms with E-state index in [1.54, 1.807) is 13.8 Å². The lowest BCUT2D eigenvalue weighted by Gasteiger charge is -2.27. The smallest absolute Gasteiger partial charge is 0.258 e. The van der Waals surface area contributed by atoms with Crippen LogP contribution in [-0.2, 0) is 9.59 Å². The topological polar surface area (TPSA) is 74.1 Å². The van der Waals surface area contributed by atoms with Gasteiger partial charge in [-0.2, -0.15) is 0 Å². The third kappa shape index (κ3) is 3.60. The molecule has 0 bridgehead atoms. The van der Waals surface area contributed by atoms with Gasteiger partial charge < -0.3 is 5.32 Å². The molecule has 2 aliphatic rings. The van der Waals surface area contributed by atoms with Crippen LogP contribution >= 0.6 is 11.8 Å². The normalized spacial score (nSPS) is 18.3. The fraction of sp³-hybridized carbons (Fsp3) is 0.238. The van der Waals surface area contributed by atoms with Gasteiger partial charge in [0.1, 0.15) is 23.5 Å². The molecule has 0 saturated heterocycles. The van der Waals surface area contributed by atoms with Gasteiger partial charge >= 0.3 is 0 Å². The minimum Gasteiger partial charge on any atom is -0.323 e. The van der Waals surface area contributed by atoms with Gasteiger partial charge in [-0.05, 0) is 37.6 Å². The molecule has 2 atom stereocenters. The molecule has 0 unspecified atom stereocenters. The van der Waals surface area contributed by atoms with Crippen LogP contribution in [0.3, 0.4) is 0 Å². The van der Waals surface area contributed by atoms with Gasteiger partial charge in [0.05, 0.1) is 16.6 Å². The standard InChI is InChI=1S/C21H18F2N4O2S/c1-3-17(19(28)25-16-10-12(22)8-9-14(16)23)30-21-26-15-7-5-4-6-13(15)18-24-11(2)20(29)27(18)21/h4-11,17H,3H2,1-2H3,(H,25,28)/t11-,17+/m1/s1. The molecule has 9 heteroatoms. The molecule has 6 nitrogen and oxygen atoms in total. The maximum Gasteiger partial charge on any atom is 0.258 e. The number of anilines is 1. The van der Waals surface area contributed by atoms with Crippen LogP contribution in [0.1, 0.15) is 25.8 Å². The second-order valence-electron chi connectivity index (χ2n) is 6.84. The summed E-state index contributed by atoms with van der Waals surface area (Å²) in [4.78, 5) is 35.9. The first-order valence-corrected chi connectivity index (χ1v) is 10.3. The van der Waals surface area contributed by atoms with Gasteiger partial charge in [-0.25, -0.2) is 18.7 Å². The third-order valence-electron chi connectivity index (χ3n) is 4.76. The van der Waals surface area contributed by atoms with Gasteiger partial charge in [-0.15, -0.1) is 0 Å². The van der Waals surface area contributed by atoms with Crippen LogP contribution in [0.25, 0.3) is 0 Å². The molecule has 2 heterocycles. The van der Waals surface area contributed by atoms with E-state index in [0.717, 1.165) is 35.5 Å². The van der Waals surface area contributed by atoms with E-state index in [9.17, 15) is 18.4 Å². The second kappa shape index (κ2) is 7.98. The number of fused-ring (bicyclic) bond motifs is 3. The molecule has 2 aliphatic heterocycles. The van der Waals surface area contributed by atoms with Crippen molar-refractivity contribution in [3.63, 3.8) is 0 Å². The zero-order chi connectivity index (χ0) is 21.4. The van der Waals surface area contributed by atoms with E-state index in [1.807, 2.05) is 24.3 Å². The van der Waals surface area contributed by atoms with Crippen molar-refractivity contribution < 1.29 is 18.4 Å². The van der Waals surface area contributed by atoms with Gasteiger partial charge in [0.25, 0.3) is 5.91 Å². The number of hydrogen-bond donors (Lipinski definition) is 1. The van der Waals surface area contributed by atoms with E-state index >= 15 is 0 Å². The first kappa shape index (κ1) is 20.2. The van der Waals surface area contributed by atoms with Crippen molar-refractivity contribution in [1.82, 2.24) is 4.90 Å². The molecule has 1 N–H and O–H groups in total. The zero-order valence-electron chi connectivity index (χ0n) is 16.2. The van der Waals surface area contributed by atoms with E-state index in [0.29, 0.717) is 23.1 Å². The number of rotatable bonds is 4. The highest BCUT2D eigenvalue weighted by Gasteiger charge is 2.40. The Morgan fingerprint density at radius 1 is 1.27 bits per heavy atom. The summed E-state index contributed by atoms with van der Waals surface area (Å²) < 4.78 is 27.3. The lowest BCUT2D eigenvalue weighted by Crippen LogP contribution is -2.42. The van der Waals surface area contributed by atoms with E-state index in [2.05, 4.69) is 15.3 Å². The Hall–Kier alpha value is -3.07. The average Bonchev–Trinajstić information content (AvgIpc) is 3.03. The summed E-state index contributed by atoms with van der Waals surface area (Å²) in [5.74, 6) is -1.61. The SMILES string of the molecule is CC[C@H](SC1=Nc2ccccc2C2=N[C@H](C)C(=O)N12)C(=O)Nc1cc(F)ccc1F. The highest BCUT2D eigenvalue weighted by Crippen LogP contribution is 2.35. The number of nitrogens with one attached hydrogen (secondary N) is 1. The molecule has 154 valence electrons. The molecular formula is C21H18F2N4O2S. The molecular weight excluding hydrogens is 410 g/mol. The Morgan fingerprint density at radius 2 is 2.03 bits per heavy atom. The molecule has 0 aromatic heterocycles. The van der Waals surface area contributed by atoms with E-state index in [4.69, 9.17) is 0 Å². The predicted octanol–water partition coefficient (Wildman–Crippen LogP) is 4.09. The Kier molecular flexibility index (Phi) is 5.38. The maximum atomic E-state index is 13.9. The first-order chi connectivity index (χ1) is 14.4. The second-order valence-corrected chi connectivity index (χ2v) is 8.01. The van der Waals surface area contributed by atoms with Gasteiger partial charge in [0, 0.05) is 11.6 Å². The minimum atomic E-state index is -0.730. The monoisotopic (exact) mass is 428 g/mol. The first-order valence-electron chi connectivity index (χ1n) is 9.41. The summed E-state index contributed by atoms with van der Waals surface area (Å²) in [7, 11) is 0. The van der Waals surface area contributed by atoms with Crippen molar-refractivity contribution >= 4 is 46.0 Å². The van der Waals surface area contributed by atoms with E-state index < -0.39 is 28.8 Å². The molecule has 2 amide bonds. The molecule has 0 radical (unpaired) electrons. The van der Waals surface area contributed by atoms with Gasteiger partial charge in [0.2, 0.25) is 5.91 Å². The van der Waals surface area contributed by atoms with Crippen LogP contribution < -0.4 is 5.32 Å². The summed E-state index contributed by atoms with van der Waals surface area (Å²) >= 11 is 1.09. The summed E-state index contributed by atoms with van der Waals surface area (Å²) in [6, 6.07) is 9.64. The molecule has 0 spiro atoms. The summed E-state index contributed by atoms with van der Waals surface area (Å²) in [5.41, 5.74) is 1.17. The number of amides is 2. The summed E-state index contributed by atoms with van der Waals surface area (Å²) in [6.45, 7) is 3.50. The van der Waals surface area contributed by atoms with Gasteiger partial charge in [-0.1, -0.05) is 30.8 Å². The molecule has 0 saturated carbocycles. The maximum absolute atomic E-state index is 13.9. The fourth-order valence-corrected chi connectivity index (χ4v) is 4.23. The van der Waals surface area contributed by atoms with Crippen molar-refractivity contribution in [1.29, 1.82) is 0 Å². The highest BCUT2D eigenvalue weighted by atomic mass is 32.2. The number of halogens is 2. The van der Waals surface area contributed by atoms with Crippen LogP contribution in [0.2, 0.25) is 0 Å². The van der Waals surface area contributed by atoms with Crippen LogP contribution in [-0.4, -0.2) is 39.0 Å². The van der Waals surface area contributed by atoms with E-state index in [1.165, 1.54) is 4.90 Å². The lowest BCUT2D eigenvalue weighted by molar-refractivity contribution is -0.124. The quantitative estimate of drug-likeness (QED) is 0.797. The van der Waals surface area contributed by atoms with Gasteiger partial charge in [0.15, 0.2) is 5.17 Å². The van der Waals surface area contributed by atoms with Crippen molar-refractivity contribution in [3.8, 4) is 0 Å². The number of carbonyl (C=O) groups is 2.